The van der Waals surface area contributed by atoms with Crippen LogP contribution in [-0.2, 0) is 4.74 Å². The number of hydrogen-bond donors (Lipinski definition) is 2. The van der Waals surface area contributed by atoms with E-state index >= 15 is 0 Å². The Kier molecular flexibility index (Phi) is 4.85. The van der Waals surface area contributed by atoms with Crippen molar-refractivity contribution in [2.45, 2.75) is 12.1 Å². The van der Waals surface area contributed by atoms with E-state index in [0.717, 1.165) is 5.76 Å². The molecule has 0 radical (unpaired) electrons. The number of hydrazone groups is 1. The second-order valence-corrected chi connectivity index (χ2v) is 5.71. The number of methoxy groups -OCH3 is 4. The van der Waals surface area contributed by atoms with Gasteiger partial charge in [-0.3, -0.25) is 0 Å². The monoisotopic (exact) mass is 346 g/mol. The third kappa shape index (κ3) is 3.02. The van der Waals surface area contributed by atoms with Gasteiger partial charge in [0.15, 0.2) is 11.5 Å². The van der Waals surface area contributed by atoms with Crippen LogP contribution in [0, 0.1) is 5.92 Å². The molecule has 1 aliphatic heterocycles. The lowest BCUT2D eigenvalue weighted by atomic mass is 9.87. The summed E-state index contributed by atoms with van der Waals surface area (Å²) in [6, 6.07) is 3.42. The number of aliphatic hydroxyl groups excluding tert-OH is 1. The number of allylic oxidation sites excluding steroid dienone is 1. The first-order chi connectivity index (χ1) is 12.1. The van der Waals surface area contributed by atoms with Crippen LogP contribution in [-0.4, -0.2) is 45.3 Å². The third-order valence-electron chi connectivity index (χ3n) is 4.40. The van der Waals surface area contributed by atoms with Gasteiger partial charge in [-0.1, -0.05) is 6.08 Å². The molecular weight excluding hydrogens is 324 g/mol. The van der Waals surface area contributed by atoms with Crippen molar-refractivity contribution in [2.75, 3.05) is 28.4 Å². The van der Waals surface area contributed by atoms with Crippen LogP contribution in [0.1, 0.15) is 11.7 Å². The molecule has 2 N–H and O–H groups in total. The Bertz CT molecular complexity index is 716. The highest BCUT2D eigenvalue weighted by Crippen LogP contribution is 2.41. The summed E-state index contributed by atoms with van der Waals surface area (Å²) in [6.07, 6.45) is 4.90. The van der Waals surface area contributed by atoms with E-state index in [0.29, 0.717) is 28.5 Å². The van der Waals surface area contributed by atoms with Crippen molar-refractivity contribution in [2.24, 2.45) is 11.0 Å². The summed E-state index contributed by atoms with van der Waals surface area (Å²) in [5, 5.41) is 15.2. The SMILES string of the molecule is COC1=CC2NN=C(C(O)c3cc(OC)c(OC)c(OC)c3)C2C=C1. The van der Waals surface area contributed by atoms with E-state index in [4.69, 9.17) is 18.9 Å². The zero-order chi connectivity index (χ0) is 18.0. The lowest BCUT2D eigenvalue weighted by Gasteiger charge is -2.22. The largest absolute Gasteiger partial charge is 0.497 e. The molecule has 0 saturated carbocycles. The van der Waals surface area contributed by atoms with Crippen molar-refractivity contribution in [1.29, 1.82) is 0 Å². The molecule has 25 heavy (non-hydrogen) atoms. The van der Waals surface area contributed by atoms with E-state index in [2.05, 4.69) is 10.5 Å². The van der Waals surface area contributed by atoms with Crippen LogP contribution in [0.2, 0.25) is 0 Å². The van der Waals surface area contributed by atoms with Gasteiger partial charge in [0.25, 0.3) is 0 Å². The zero-order valence-corrected chi connectivity index (χ0v) is 14.6. The molecule has 1 aromatic rings. The van der Waals surface area contributed by atoms with E-state index in [-0.39, 0.29) is 12.0 Å². The Balaban J connectivity index is 1.91. The molecule has 0 fully saturated rings. The van der Waals surface area contributed by atoms with E-state index in [1.165, 1.54) is 0 Å². The van der Waals surface area contributed by atoms with Crippen LogP contribution in [0.3, 0.4) is 0 Å². The number of ether oxygens (including phenoxy) is 4. The molecule has 0 aromatic heterocycles. The van der Waals surface area contributed by atoms with E-state index in [9.17, 15) is 5.11 Å². The first kappa shape index (κ1) is 17.2. The summed E-state index contributed by atoms with van der Waals surface area (Å²) in [4.78, 5) is 0. The van der Waals surface area contributed by atoms with Gasteiger partial charge in [0.1, 0.15) is 11.9 Å². The molecule has 3 unspecified atom stereocenters. The highest BCUT2D eigenvalue weighted by Gasteiger charge is 2.35. The van der Waals surface area contributed by atoms with Crippen LogP contribution in [0.25, 0.3) is 0 Å². The number of aliphatic hydroxyl groups is 1. The molecule has 1 heterocycles. The van der Waals surface area contributed by atoms with Crippen molar-refractivity contribution in [3.8, 4) is 17.2 Å². The van der Waals surface area contributed by atoms with Gasteiger partial charge in [-0.15, -0.1) is 0 Å². The Hall–Kier alpha value is -2.67. The maximum absolute atomic E-state index is 10.9. The molecular formula is C18H22N2O5. The fourth-order valence-corrected chi connectivity index (χ4v) is 3.09. The first-order valence-electron chi connectivity index (χ1n) is 7.87. The minimum Gasteiger partial charge on any atom is -0.497 e. The molecule has 0 bridgehead atoms. The van der Waals surface area contributed by atoms with Crippen molar-refractivity contribution in [3.63, 3.8) is 0 Å². The van der Waals surface area contributed by atoms with Gasteiger partial charge < -0.3 is 29.5 Å². The van der Waals surface area contributed by atoms with Gasteiger partial charge >= 0.3 is 0 Å². The number of hydrogen-bond acceptors (Lipinski definition) is 7. The molecule has 7 nitrogen and oxygen atoms in total. The molecule has 0 spiro atoms. The van der Waals surface area contributed by atoms with Gasteiger partial charge in [-0.2, -0.15) is 5.10 Å². The Morgan fingerprint density at radius 3 is 2.28 bits per heavy atom. The maximum Gasteiger partial charge on any atom is 0.203 e. The lowest BCUT2D eigenvalue weighted by molar-refractivity contribution is 0.240. The predicted molar refractivity (Wildman–Crippen MR) is 93.1 cm³/mol. The van der Waals surface area contributed by atoms with Crippen molar-refractivity contribution in [1.82, 2.24) is 5.43 Å². The summed E-state index contributed by atoms with van der Waals surface area (Å²) in [5.74, 6) is 2.18. The quantitative estimate of drug-likeness (QED) is 0.817. The maximum atomic E-state index is 10.9. The van der Waals surface area contributed by atoms with E-state index in [1.807, 2.05) is 18.2 Å². The minimum absolute atomic E-state index is 0.0355. The summed E-state index contributed by atoms with van der Waals surface area (Å²) in [7, 11) is 6.24. The number of rotatable bonds is 6. The molecule has 1 aliphatic carbocycles. The molecule has 134 valence electrons. The summed E-state index contributed by atoms with van der Waals surface area (Å²) in [5.41, 5.74) is 4.28. The van der Waals surface area contributed by atoms with Crippen molar-refractivity contribution < 1.29 is 24.1 Å². The molecule has 0 saturated heterocycles. The molecule has 3 atom stereocenters. The van der Waals surface area contributed by atoms with Crippen molar-refractivity contribution >= 4 is 5.71 Å². The van der Waals surface area contributed by atoms with Gasteiger partial charge in [0.2, 0.25) is 5.75 Å². The van der Waals surface area contributed by atoms with Crippen molar-refractivity contribution in [3.05, 3.63) is 41.7 Å². The standard InChI is InChI=1S/C18H22N2O5/c1-22-11-5-6-12-13(9-11)19-20-16(12)17(21)10-7-14(23-2)18(25-4)15(8-10)24-3/h5-9,12-13,17,19,21H,1-4H3. The predicted octanol–water partition coefficient (Wildman–Crippen LogP) is 1.79. The van der Waals surface area contributed by atoms with Crippen LogP contribution in [0.15, 0.2) is 41.2 Å². The van der Waals surface area contributed by atoms with Crippen LogP contribution < -0.4 is 19.6 Å². The third-order valence-corrected chi connectivity index (χ3v) is 4.40. The van der Waals surface area contributed by atoms with Crippen LogP contribution >= 0.6 is 0 Å². The number of nitrogens with zero attached hydrogens (tertiary/aromatic N) is 1. The fourth-order valence-electron chi connectivity index (χ4n) is 3.09. The highest BCUT2D eigenvalue weighted by atomic mass is 16.5. The van der Waals surface area contributed by atoms with Gasteiger partial charge in [0, 0.05) is 5.92 Å². The smallest absolute Gasteiger partial charge is 0.203 e. The van der Waals surface area contributed by atoms with Gasteiger partial charge in [-0.25, -0.2) is 0 Å². The van der Waals surface area contributed by atoms with E-state index in [1.54, 1.807) is 40.6 Å². The van der Waals surface area contributed by atoms with E-state index < -0.39 is 6.10 Å². The lowest BCUT2D eigenvalue weighted by Crippen LogP contribution is -2.30. The zero-order valence-electron chi connectivity index (χ0n) is 14.6. The minimum atomic E-state index is -0.904. The van der Waals surface area contributed by atoms with Gasteiger partial charge in [-0.05, 0) is 29.8 Å². The molecule has 3 rings (SSSR count). The number of benzene rings is 1. The molecule has 2 aliphatic rings. The second kappa shape index (κ2) is 7.06. The highest BCUT2D eigenvalue weighted by molar-refractivity contribution is 5.95. The van der Waals surface area contributed by atoms with Gasteiger partial charge in [0.05, 0.1) is 40.2 Å². The topological polar surface area (TPSA) is 81.5 Å². The second-order valence-electron chi connectivity index (χ2n) is 5.71. The molecule has 1 aromatic carbocycles. The molecule has 0 amide bonds. The normalized spacial score (nSPS) is 22.3. The summed E-state index contributed by atoms with van der Waals surface area (Å²) in [6.45, 7) is 0. The fraction of sp³-hybridized carbons (Fsp3) is 0.389. The Morgan fingerprint density at radius 2 is 1.72 bits per heavy atom. The first-order valence-corrected chi connectivity index (χ1v) is 7.87. The number of nitrogens with one attached hydrogen (secondary N) is 1. The Labute approximate surface area is 146 Å². The van der Waals surface area contributed by atoms with Crippen LogP contribution in [0.4, 0.5) is 0 Å². The van der Waals surface area contributed by atoms with Crippen LogP contribution in [0.5, 0.6) is 17.2 Å². The summed E-state index contributed by atoms with van der Waals surface area (Å²) >= 11 is 0. The summed E-state index contributed by atoms with van der Waals surface area (Å²) < 4.78 is 21.3. The number of fused-ring (bicyclic) bond motifs is 1. The average Bonchev–Trinajstić information content (AvgIpc) is 3.08. The average molecular weight is 346 g/mol. The Morgan fingerprint density at radius 1 is 1.04 bits per heavy atom. The molecule has 7 heteroatoms.